The van der Waals surface area contributed by atoms with E-state index in [0.29, 0.717) is 25.0 Å². The summed E-state index contributed by atoms with van der Waals surface area (Å²) in [7, 11) is -3.63. The molecular weight excluding hydrogens is 248 g/mol. The molecule has 1 aliphatic heterocycles. The Hall–Kier alpha value is -0.580. The van der Waals surface area contributed by atoms with Crippen LogP contribution in [0.4, 0.5) is 0 Å². The summed E-state index contributed by atoms with van der Waals surface area (Å²) in [5.74, 6) is 0. The van der Waals surface area contributed by atoms with Crippen molar-refractivity contribution in [1.29, 1.82) is 0 Å². The number of alkyl halides is 1. The van der Waals surface area contributed by atoms with Gasteiger partial charge in [0.1, 0.15) is 0 Å². The highest BCUT2D eigenvalue weighted by molar-refractivity contribution is 7.94. The second-order valence-corrected chi connectivity index (χ2v) is 6.82. The number of rotatable bonds is 2. The highest BCUT2D eigenvalue weighted by Crippen LogP contribution is 2.40. The number of hydrogen-bond acceptors (Lipinski definition) is 3. The van der Waals surface area contributed by atoms with E-state index in [1.165, 1.54) is 0 Å². The van der Waals surface area contributed by atoms with Gasteiger partial charge in [-0.1, -0.05) is 29.8 Å². The number of halogens is 1. The van der Waals surface area contributed by atoms with Gasteiger partial charge < -0.3 is 4.74 Å². The van der Waals surface area contributed by atoms with Gasteiger partial charge in [0.2, 0.25) is 14.2 Å². The SMILES string of the molecule is Cc1ccccc1S(=O)(=O)C1(Cl)CCCO1. The molecule has 5 heteroatoms. The lowest BCUT2D eigenvalue weighted by atomic mass is 10.2. The van der Waals surface area contributed by atoms with Crippen molar-refractivity contribution in [1.82, 2.24) is 0 Å². The fourth-order valence-corrected chi connectivity index (χ4v) is 4.00. The average molecular weight is 261 g/mol. The van der Waals surface area contributed by atoms with E-state index in [1.807, 2.05) is 0 Å². The fourth-order valence-electron chi connectivity index (χ4n) is 1.81. The van der Waals surface area contributed by atoms with Crippen LogP contribution in [0, 0.1) is 6.92 Å². The summed E-state index contributed by atoms with van der Waals surface area (Å²) in [5.41, 5.74) is 0.693. The van der Waals surface area contributed by atoms with Gasteiger partial charge in [0.15, 0.2) is 0 Å². The maximum absolute atomic E-state index is 12.3. The van der Waals surface area contributed by atoms with E-state index in [-0.39, 0.29) is 4.90 Å². The second kappa shape index (κ2) is 4.02. The molecular formula is C11H13ClO3S. The first-order valence-corrected chi connectivity index (χ1v) is 6.97. The molecule has 88 valence electrons. The molecule has 0 saturated carbocycles. The molecule has 1 atom stereocenters. The predicted molar refractivity (Wildman–Crippen MR) is 62.1 cm³/mol. The number of ether oxygens (including phenoxy) is 1. The average Bonchev–Trinajstić information content (AvgIpc) is 2.67. The van der Waals surface area contributed by atoms with Gasteiger partial charge in [0.05, 0.1) is 11.5 Å². The number of aryl methyl sites for hydroxylation is 1. The molecule has 0 aliphatic carbocycles. The molecule has 0 bridgehead atoms. The highest BCUT2D eigenvalue weighted by Gasteiger charge is 2.47. The van der Waals surface area contributed by atoms with Crippen molar-refractivity contribution in [3.63, 3.8) is 0 Å². The number of sulfone groups is 1. The third-order valence-corrected chi connectivity index (χ3v) is 5.79. The smallest absolute Gasteiger partial charge is 0.248 e. The Bertz CT molecular complexity index is 490. The Morgan fingerprint density at radius 3 is 2.62 bits per heavy atom. The fraction of sp³-hybridized carbons (Fsp3) is 0.455. The van der Waals surface area contributed by atoms with Crippen molar-refractivity contribution in [2.75, 3.05) is 6.61 Å². The van der Waals surface area contributed by atoms with Crippen LogP contribution in [0.5, 0.6) is 0 Å². The van der Waals surface area contributed by atoms with Crippen molar-refractivity contribution >= 4 is 21.4 Å². The van der Waals surface area contributed by atoms with Gasteiger partial charge in [-0.2, -0.15) is 0 Å². The van der Waals surface area contributed by atoms with E-state index in [9.17, 15) is 8.42 Å². The molecule has 0 radical (unpaired) electrons. The minimum atomic E-state index is -3.63. The van der Waals surface area contributed by atoms with Crippen molar-refractivity contribution in [2.45, 2.75) is 29.1 Å². The van der Waals surface area contributed by atoms with Gasteiger partial charge in [-0.3, -0.25) is 0 Å². The van der Waals surface area contributed by atoms with Crippen LogP contribution in [-0.2, 0) is 14.6 Å². The van der Waals surface area contributed by atoms with Crippen molar-refractivity contribution in [2.24, 2.45) is 0 Å². The molecule has 0 spiro atoms. The molecule has 1 unspecified atom stereocenters. The Labute approximate surface area is 100 Å². The second-order valence-electron chi connectivity index (χ2n) is 3.88. The van der Waals surface area contributed by atoms with E-state index in [1.54, 1.807) is 31.2 Å². The summed E-state index contributed by atoms with van der Waals surface area (Å²) >= 11 is 6.06. The highest BCUT2D eigenvalue weighted by atomic mass is 35.5. The quantitative estimate of drug-likeness (QED) is 0.768. The van der Waals surface area contributed by atoms with Crippen LogP contribution in [-0.4, -0.2) is 19.4 Å². The zero-order valence-electron chi connectivity index (χ0n) is 8.94. The monoisotopic (exact) mass is 260 g/mol. The molecule has 1 aliphatic rings. The van der Waals surface area contributed by atoms with Crippen LogP contribution in [0.15, 0.2) is 29.2 Å². The Kier molecular flexibility index (Phi) is 2.99. The zero-order valence-corrected chi connectivity index (χ0v) is 10.5. The largest absolute Gasteiger partial charge is 0.346 e. The lowest BCUT2D eigenvalue weighted by Crippen LogP contribution is -2.32. The van der Waals surface area contributed by atoms with E-state index < -0.39 is 14.2 Å². The third-order valence-electron chi connectivity index (χ3n) is 2.72. The zero-order chi connectivity index (χ0) is 11.8. The molecule has 1 saturated heterocycles. The lowest BCUT2D eigenvalue weighted by Gasteiger charge is -2.21. The summed E-state index contributed by atoms with van der Waals surface area (Å²) in [4.78, 5) is 0.256. The van der Waals surface area contributed by atoms with Crippen molar-refractivity contribution < 1.29 is 13.2 Å². The van der Waals surface area contributed by atoms with Crippen LogP contribution >= 0.6 is 11.6 Å². The van der Waals surface area contributed by atoms with Crippen LogP contribution in [0.3, 0.4) is 0 Å². The minimum absolute atomic E-state index is 0.256. The van der Waals surface area contributed by atoms with Crippen molar-refractivity contribution in [3.05, 3.63) is 29.8 Å². The van der Waals surface area contributed by atoms with E-state index >= 15 is 0 Å². The maximum atomic E-state index is 12.3. The summed E-state index contributed by atoms with van der Waals surface area (Å²) in [5, 5.41) is 0. The summed E-state index contributed by atoms with van der Waals surface area (Å²) in [6.07, 6.45) is 1.01. The third kappa shape index (κ3) is 1.75. The van der Waals surface area contributed by atoms with Crippen LogP contribution in [0.2, 0.25) is 0 Å². The molecule has 2 rings (SSSR count). The van der Waals surface area contributed by atoms with E-state index in [4.69, 9.17) is 16.3 Å². The van der Waals surface area contributed by atoms with E-state index in [0.717, 1.165) is 0 Å². The maximum Gasteiger partial charge on any atom is 0.248 e. The standard InChI is InChI=1S/C11H13ClO3S/c1-9-5-2-3-6-10(9)16(13,14)11(12)7-4-8-15-11/h2-3,5-6H,4,7-8H2,1H3. The van der Waals surface area contributed by atoms with Gasteiger partial charge in [-0.05, 0) is 25.0 Å². The lowest BCUT2D eigenvalue weighted by molar-refractivity contribution is 0.135. The summed E-state index contributed by atoms with van der Waals surface area (Å²) in [6.45, 7) is 2.15. The molecule has 0 aromatic heterocycles. The Balaban J connectivity index is 2.51. The molecule has 1 aromatic rings. The van der Waals surface area contributed by atoms with Gasteiger partial charge in [-0.15, -0.1) is 0 Å². The molecule has 1 aromatic carbocycles. The molecule has 0 N–H and O–H groups in total. The topological polar surface area (TPSA) is 43.4 Å². The first-order chi connectivity index (χ1) is 7.47. The first kappa shape index (κ1) is 11.9. The van der Waals surface area contributed by atoms with Gasteiger partial charge in [0, 0.05) is 6.42 Å². The molecule has 16 heavy (non-hydrogen) atoms. The number of hydrogen-bond donors (Lipinski definition) is 0. The summed E-state index contributed by atoms with van der Waals surface area (Å²) < 4.78 is 28.3. The molecule has 1 fully saturated rings. The molecule has 3 nitrogen and oxygen atoms in total. The van der Waals surface area contributed by atoms with E-state index in [2.05, 4.69) is 0 Å². The normalized spacial score (nSPS) is 25.9. The molecule has 1 heterocycles. The van der Waals surface area contributed by atoms with Gasteiger partial charge in [-0.25, -0.2) is 8.42 Å². The van der Waals surface area contributed by atoms with Gasteiger partial charge in [0.25, 0.3) is 0 Å². The molecule has 0 amide bonds. The van der Waals surface area contributed by atoms with Crippen LogP contribution < -0.4 is 0 Å². The number of benzene rings is 1. The van der Waals surface area contributed by atoms with Crippen LogP contribution in [0.25, 0.3) is 0 Å². The predicted octanol–water partition coefficient (Wildman–Crippen LogP) is 2.47. The Morgan fingerprint density at radius 1 is 1.38 bits per heavy atom. The van der Waals surface area contributed by atoms with Gasteiger partial charge >= 0.3 is 0 Å². The first-order valence-electron chi connectivity index (χ1n) is 5.10. The summed E-state index contributed by atoms with van der Waals surface area (Å²) in [6, 6.07) is 6.80. The minimum Gasteiger partial charge on any atom is -0.346 e. The Morgan fingerprint density at radius 2 is 2.06 bits per heavy atom. The van der Waals surface area contributed by atoms with Crippen LogP contribution in [0.1, 0.15) is 18.4 Å². The van der Waals surface area contributed by atoms with Crippen molar-refractivity contribution in [3.8, 4) is 0 Å².